The van der Waals surface area contributed by atoms with Crippen LogP contribution in [0, 0.1) is 0 Å². The van der Waals surface area contributed by atoms with E-state index >= 15 is 0 Å². The first kappa shape index (κ1) is 29.2. The molecule has 0 amide bonds. The number of para-hydroxylation sites is 3. The van der Waals surface area contributed by atoms with Gasteiger partial charge in [-0.25, -0.2) is 9.97 Å². The van der Waals surface area contributed by atoms with Gasteiger partial charge in [0, 0.05) is 39.0 Å². The Hall–Kier alpha value is -6.92. The van der Waals surface area contributed by atoms with E-state index in [1.807, 2.05) is 91.0 Å². The van der Waals surface area contributed by atoms with E-state index in [1.54, 1.807) is 0 Å². The van der Waals surface area contributed by atoms with Crippen molar-refractivity contribution < 1.29 is 4.42 Å². The minimum Gasteiger partial charge on any atom is -0.416 e. The molecule has 0 atom stereocenters. The normalized spacial score (nSPS) is 11.2. The first-order valence-electron chi connectivity index (χ1n) is 16.5. The zero-order valence-electron chi connectivity index (χ0n) is 26.9. The third-order valence-electron chi connectivity index (χ3n) is 8.85. The van der Waals surface area contributed by atoms with Crippen LogP contribution in [0.25, 0.3) is 67.2 Å². The van der Waals surface area contributed by atoms with E-state index in [1.165, 1.54) is 0 Å². The van der Waals surface area contributed by atoms with Crippen molar-refractivity contribution in [3.63, 3.8) is 0 Å². The van der Waals surface area contributed by atoms with Gasteiger partial charge in [-0.2, -0.15) is 0 Å². The molecular weight excluding hydrogens is 615 g/mol. The number of nitrogens with zero attached hydrogens (tertiary/aromatic N) is 5. The molecule has 9 aromatic rings. The summed E-state index contributed by atoms with van der Waals surface area (Å²) in [5.74, 6) is 0.968. The summed E-state index contributed by atoms with van der Waals surface area (Å²) in [7, 11) is 0. The van der Waals surface area contributed by atoms with Crippen LogP contribution in [0.3, 0.4) is 0 Å². The molecule has 7 aromatic carbocycles. The molecule has 6 nitrogen and oxygen atoms in total. The van der Waals surface area contributed by atoms with Gasteiger partial charge in [0.05, 0.1) is 28.1 Å². The zero-order valence-corrected chi connectivity index (χ0v) is 26.9. The molecule has 0 aliphatic heterocycles. The highest BCUT2D eigenvalue weighted by Crippen LogP contribution is 2.43. The summed E-state index contributed by atoms with van der Waals surface area (Å²) < 4.78 is 6.06. The van der Waals surface area contributed by atoms with E-state index in [0.29, 0.717) is 11.8 Å². The van der Waals surface area contributed by atoms with Crippen LogP contribution in [0.4, 0.5) is 17.1 Å². The van der Waals surface area contributed by atoms with Gasteiger partial charge >= 0.3 is 0 Å². The first-order chi connectivity index (χ1) is 24.8. The van der Waals surface area contributed by atoms with Gasteiger partial charge in [0.25, 0.3) is 0 Å². The Morgan fingerprint density at radius 3 is 1.54 bits per heavy atom. The molecule has 236 valence electrons. The summed E-state index contributed by atoms with van der Waals surface area (Å²) in [5, 5.41) is 10.8. The minimum atomic E-state index is 0.474. The van der Waals surface area contributed by atoms with Crippen molar-refractivity contribution in [2.75, 3.05) is 4.90 Å². The molecule has 0 aliphatic carbocycles. The molecule has 0 saturated carbocycles. The molecule has 0 radical (unpaired) electrons. The highest BCUT2D eigenvalue weighted by atomic mass is 16.4. The highest BCUT2D eigenvalue weighted by molar-refractivity contribution is 6.07. The monoisotopic (exact) mass is 643 g/mol. The average Bonchev–Trinajstić information content (AvgIpc) is 3.70. The second-order valence-corrected chi connectivity index (χ2v) is 11.9. The van der Waals surface area contributed by atoms with Crippen LogP contribution in [0.1, 0.15) is 0 Å². The van der Waals surface area contributed by atoms with Gasteiger partial charge in [-0.05, 0) is 78.2 Å². The summed E-state index contributed by atoms with van der Waals surface area (Å²) in [4.78, 5) is 12.7. The Morgan fingerprint density at radius 2 is 0.880 bits per heavy atom. The lowest BCUT2D eigenvalue weighted by Gasteiger charge is -2.27. The molecule has 0 aliphatic rings. The van der Waals surface area contributed by atoms with E-state index in [4.69, 9.17) is 14.4 Å². The second-order valence-electron chi connectivity index (χ2n) is 11.9. The maximum atomic E-state index is 6.06. The number of benzene rings is 7. The quantitative estimate of drug-likeness (QED) is 0.172. The van der Waals surface area contributed by atoms with Crippen molar-refractivity contribution in [1.82, 2.24) is 20.2 Å². The van der Waals surface area contributed by atoms with Gasteiger partial charge in [0.1, 0.15) is 0 Å². The van der Waals surface area contributed by atoms with E-state index < -0.39 is 0 Å². The SMILES string of the molecule is c1ccc(-c2nnc(-c3ccc(N(c4ccccc4)c4ccc(-c5nc6ccccc6nc5-c5ccccc5)c5ccccc45)cc3)o2)cc1. The van der Waals surface area contributed by atoms with Crippen molar-refractivity contribution >= 4 is 38.9 Å². The Morgan fingerprint density at radius 1 is 0.380 bits per heavy atom. The van der Waals surface area contributed by atoms with Gasteiger partial charge in [-0.1, -0.05) is 103 Å². The van der Waals surface area contributed by atoms with Crippen LogP contribution >= 0.6 is 0 Å². The van der Waals surface area contributed by atoms with E-state index in [-0.39, 0.29) is 0 Å². The molecule has 0 fully saturated rings. The molecule has 6 heteroatoms. The van der Waals surface area contributed by atoms with Gasteiger partial charge in [0.2, 0.25) is 11.8 Å². The van der Waals surface area contributed by atoms with E-state index in [9.17, 15) is 0 Å². The molecular formula is C44H29N5O. The number of aromatic nitrogens is 4. The topological polar surface area (TPSA) is 67.9 Å². The number of hydrogen-bond acceptors (Lipinski definition) is 6. The van der Waals surface area contributed by atoms with Crippen molar-refractivity contribution in [2.24, 2.45) is 0 Å². The molecule has 0 N–H and O–H groups in total. The van der Waals surface area contributed by atoms with E-state index in [0.717, 1.165) is 72.5 Å². The minimum absolute atomic E-state index is 0.474. The lowest BCUT2D eigenvalue weighted by atomic mass is 9.96. The third-order valence-corrected chi connectivity index (χ3v) is 8.85. The van der Waals surface area contributed by atoms with Gasteiger partial charge in [-0.15, -0.1) is 10.2 Å². The number of anilines is 3. The molecule has 0 spiro atoms. The van der Waals surface area contributed by atoms with Gasteiger partial charge in [-0.3, -0.25) is 0 Å². The molecule has 9 rings (SSSR count). The molecule has 2 heterocycles. The van der Waals surface area contributed by atoms with Crippen LogP contribution < -0.4 is 4.90 Å². The van der Waals surface area contributed by atoms with Crippen LogP contribution in [0.5, 0.6) is 0 Å². The van der Waals surface area contributed by atoms with Crippen LogP contribution in [0.2, 0.25) is 0 Å². The van der Waals surface area contributed by atoms with Crippen LogP contribution in [-0.2, 0) is 0 Å². The van der Waals surface area contributed by atoms with Crippen molar-refractivity contribution in [1.29, 1.82) is 0 Å². The first-order valence-corrected chi connectivity index (χ1v) is 16.5. The summed E-state index contributed by atoms with van der Waals surface area (Å²) in [6, 6.07) is 59.7. The van der Waals surface area contributed by atoms with Crippen molar-refractivity contribution in [3.05, 3.63) is 176 Å². The molecule has 50 heavy (non-hydrogen) atoms. The van der Waals surface area contributed by atoms with Crippen molar-refractivity contribution in [3.8, 4) is 45.4 Å². The number of fused-ring (bicyclic) bond motifs is 2. The number of rotatable bonds is 7. The summed E-state index contributed by atoms with van der Waals surface area (Å²) in [6.07, 6.45) is 0. The second kappa shape index (κ2) is 12.6. The maximum absolute atomic E-state index is 6.06. The fraction of sp³-hybridized carbons (Fsp3) is 0. The van der Waals surface area contributed by atoms with Gasteiger partial charge in [0.15, 0.2) is 0 Å². The lowest BCUT2D eigenvalue weighted by Crippen LogP contribution is -2.10. The average molecular weight is 644 g/mol. The summed E-state index contributed by atoms with van der Waals surface area (Å²) in [6.45, 7) is 0. The summed E-state index contributed by atoms with van der Waals surface area (Å²) >= 11 is 0. The molecule has 0 unspecified atom stereocenters. The Bertz CT molecular complexity index is 2590. The number of hydrogen-bond donors (Lipinski definition) is 0. The fourth-order valence-corrected chi connectivity index (χ4v) is 6.46. The smallest absolute Gasteiger partial charge is 0.248 e. The Balaban J connectivity index is 1.18. The zero-order chi connectivity index (χ0) is 33.3. The maximum Gasteiger partial charge on any atom is 0.248 e. The largest absolute Gasteiger partial charge is 0.416 e. The Labute approximate surface area is 289 Å². The lowest BCUT2D eigenvalue weighted by molar-refractivity contribution is 0.584. The summed E-state index contributed by atoms with van der Waals surface area (Å²) in [5.41, 5.74) is 10.3. The molecule has 2 aromatic heterocycles. The van der Waals surface area contributed by atoms with Crippen LogP contribution in [-0.4, -0.2) is 20.2 Å². The molecule has 0 saturated heterocycles. The van der Waals surface area contributed by atoms with E-state index in [2.05, 4.69) is 100 Å². The predicted molar refractivity (Wildman–Crippen MR) is 201 cm³/mol. The molecule has 0 bridgehead atoms. The Kier molecular flexibility index (Phi) is 7.37. The third kappa shape index (κ3) is 5.35. The predicted octanol–water partition coefficient (Wildman–Crippen LogP) is 11.3. The fourth-order valence-electron chi connectivity index (χ4n) is 6.46. The van der Waals surface area contributed by atoms with Gasteiger partial charge < -0.3 is 9.32 Å². The highest BCUT2D eigenvalue weighted by Gasteiger charge is 2.21. The van der Waals surface area contributed by atoms with Crippen molar-refractivity contribution in [2.45, 2.75) is 0 Å². The van der Waals surface area contributed by atoms with Crippen LogP contribution in [0.15, 0.2) is 180 Å². The standard InChI is InChI=1S/C44H29N5O/c1-4-14-30(15-5-1)41-42(46-39-23-13-12-22-38(39)45-41)37-28-29-40(36-21-11-10-20-35(36)37)49(33-18-8-3-9-19-33)34-26-24-32(25-27-34)44-48-47-43(50-44)31-16-6-2-7-17-31/h1-29H.